The Morgan fingerprint density at radius 2 is 1.83 bits per heavy atom. The Morgan fingerprint density at radius 3 is 2.25 bits per heavy atom. The predicted octanol–water partition coefficient (Wildman–Crippen LogP) is 1.44. The van der Waals surface area contributed by atoms with Crippen LogP contribution in [-0.2, 0) is 0 Å². The minimum absolute atomic E-state index is 0.495. The fourth-order valence-corrected chi connectivity index (χ4v) is 2.01. The molecule has 0 aromatic rings. The highest BCUT2D eigenvalue weighted by atomic mass is 32.2. The molecular formula is C9H21NOS. The zero-order valence-electron chi connectivity index (χ0n) is 8.63. The van der Waals surface area contributed by atoms with E-state index in [1.807, 2.05) is 25.6 Å². The second-order valence-corrected chi connectivity index (χ2v) is 5.20. The summed E-state index contributed by atoms with van der Waals surface area (Å²) in [6, 6.07) is 0. The molecule has 0 amide bonds. The molecule has 0 spiro atoms. The molecule has 0 aliphatic carbocycles. The zero-order valence-corrected chi connectivity index (χ0v) is 9.45. The molecule has 0 atom stereocenters. The average Bonchev–Trinajstić information content (AvgIpc) is 1.83. The lowest BCUT2D eigenvalue weighted by Crippen LogP contribution is -2.20. The SMILES string of the molecule is CN(C)CCSCCC(C)(C)O. The summed E-state index contributed by atoms with van der Waals surface area (Å²) in [5.41, 5.74) is -0.495. The van der Waals surface area contributed by atoms with Gasteiger partial charge in [0.15, 0.2) is 0 Å². The first-order valence-corrected chi connectivity index (χ1v) is 5.52. The summed E-state index contributed by atoms with van der Waals surface area (Å²) in [6.07, 6.45) is 0.880. The van der Waals surface area contributed by atoms with Gasteiger partial charge in [-0.2, -0.15) is 11.8 Å². The molecule has 0 aliphatic rings. The summed E-state index contributed by atoms with van der Waals surface area (Å²) in [5.74, 6) is 2.21. The first-order chi connectivity index (χ1) is 5.42. The van der Waals surface area contributed by atoms with Gasteiger partial charge in [-0.15, -0.1) is 0 Å². The quantitative estimate of drug-likeness (QED) is 0.643. The Labute approximate surface area is 80.3 Å². The molecule has 0 fully saturated rings. The zero-order chi connectivity index (χ0) is 9.61. The van der Waals surface area contributed by atoms with Crippen LogP contribution in [0, 0.1) is 0 Å². The summed E-state index contributed by atoms with van der Waals surface area (Å²) in [6.45, 7) is 4.84. The molecule has 0 rings (SSSR count). The van der Waals surface area contributed by atoms with Crippen LogP contribution in [0.25, 0.3) is 0 Å². The van der Waals surface area contributed by atoms with Gasteiger partial charge in [0.25, 0.3) is 0 Å². The maximum absolute atomic E-state index is 9.40. The summed E-state index contributed by atoms with van der Waals surface area (Å²) in [4.78, 5) is 2.18. The van der Waals surface area contributed by atoms with E-state index < -0.39 is 5.60 Å². The molecular weight excluding hydrogens is 170 g/mol. The number of rotatable bonds is 6. The van der Waals surface area contributed by atoms with Crippen LogP contribution in [0.5, 0.6) is 0 Å². The maximum atomic E-state index is 9.40. The van der Waals surface area contributed by atoms with Crippen LogP contribution in [0.1, 0.15) is 20.3 Å². The van der Waals surface area contributed by atoms with E-state index in [9.17, 15) is 5.11 Å². The monoisotopic (exact) mass is 191 g/mol. The lowest BCUT2D eigenvalue weighted by Gasteiger charge is -2.16. The van der Waals surface area contributed by atoms with E-state index in [0.717, 1.165) is 24.5 Å². The van der Waals surface area contributed by atoms with Gasteiger partial charge in [-0.1, -0.05) is 0 Å². The molecule has 0 saturated carbocycles. The molecule has 74 valence electrons. The Kier molecular flexibility index (Phi) is 5.97. The van der Waals surface area contributed by atoms with Crippen LogP contribution in [-0.4, -0.2) is 47.8 Å². The Hall–Kier alpha value is 0.270. The molecule has 0 heterocycles. The van der Waals surface area contributed by atoms with Gasteiger partial charge in [-0.3, -0.25) is 0 Å². The molecule has 1 N–H and O–H groups in total. The number of thioether (sulfide) groups is 1. The van der Waals surface area contributed by atoms with Gasteiger partial charge in [0.2, 0.25) is 0 Å². The van der Waals surface area contributed by atoms with Gasteiger partial charge in [-0.05, 0) is 40.1 Å². The first-order valence-electron chi connectivity index (χ1n) is 4.37. The fourth-order valence-electron chi connectivity index (χ4n) is 0.671. The van der Waals surface area contributed by atoms with Gasteiger partial charge in [0.1, 0.15) is 0 Å². The van der Waals surface area contributed by atoms with Crippen molar-refractivity contribution >= 4 is 11.8 Å². The molecule has 0 aromatic heterocycles. The van der Waals surface area contributed by atoms with Crippen molar-refractivity contribution < 1.29 is 5.11 Å². The number of hydrogen-bond acceptors (Lipinski definition) is 3. The van der Waals surface area contributed by atoms with Crippen molar-refractivity contribution in [2.75, 3.05) is 32.1 Å². The van der Waals surface area contributed by atoms with Crippen molar-refractivity contribution in [3.05, 3.63) is 0 Å². The summed E-state index contributed by atoms with van der Waals surface area (Å²) in [5, 5.41) is 9.40. The molecule has 12 heavy (non-hydrogen) atoms. The topological polar surface area (TPSA) is 23.5 Å². The van der Waals surface area contributed by atoms with E-state index in [-0.39, 0.29) is 0 Å². The van der Waals surface area contributed by atoms with E-state index >= 15 is 0 Å². The smallest absolute Gasteiger partial charge is 0.0599 e. The maximum Gasteiger partial charge on any atom is 0.0599 e. The van der Waals surface area contributed by atoms with Crippen LogP contribution in [0.3, 0.4) is 0 Å². The van der Waals surface area contributed by atoms with E-state index in [1.54, 1.807) is 0 Å². The summed E-state index contributed by atoms with van der Waals surface area (Å²) in [7, 11) is 4.16. The van der Waals surface area contributed by atoms with Crippen LogP contribution < -0.4 is 0 Å². The van der Waals surface area contributed by atoms with Crippen molar-refractivity contribution in [3.8, 4) is 0 Å². The van der Waals surface area contributed by atoms with Crippen LogP contribution >= 0.6 is 11.8 Å². The van der Waals surface area contributed by atoms with E-state index in [1.165, 1.54) is 0 Å². The Morgan fingerprint density at radius 1 is 1.25 bits per heavy atom. The van der Waals surface area contributed by atoms with Gasteiger partial charge in [0, 0.05) is 12.3 Å². The molecule has 0 aromatic carbocycles. The molecule has 2 nitrogen and oxygen atoms in total. The minimum atomic E-state index is -0.495. The van der Waals surface area contributed by atoms with Crippen molar-refractivity contribution in [1.82, 2.24) is 4.90 Å². The highest BCUT2D eigenvalue weighted by molar-refractivity contribution is 7.99. The molecule has 0 unspecified atom stereocenters. The van der Waals surface area contributed by atoms with Crippen molar-refractivity contribution in [2.45, 2.75) is 25.9 Å². The highest BCUT2D eigenvalue weighted by Gasteiger charge is 2.10. The van der Waals surface area contributed by atoms with Crippen molar-refractivity contribution in [2.24, 2.45) is 0 Å². The second kappa shape index (κ2) is 5.84. The molecule has 3 heteroatoms. The molecule has 0 radical (unpaired) electrons. The van der Waals surface area contributed by atoms with Crippen molar-refractivity contribution in [1.29, 1.82) is 0 Å². The van der Waals surface area contributed by atoms with E-state index in [4.69, 9.17) is 0 Å². The normalized spacial score (nSPS) is 12.5. The average molecular weight is 191 g/mol. The van der Waals surface area contributed by atoms with Gasteiger partial charge in [0.05, 0.1) is 5.60 Å². The third-order valence-corrected chi connectivity index (χ3v) is 2.51. The highest BCUT2D eigenvalue weighted by Crippen LogP contribution is 2.12. The van der Waals surface area contributed by atoms with Crippen molar-refractivity contribution in [3.63, 3.8) is 0 Å². The Bertz CT molecular complexity index is 110. The number of nitrogens with zero attached hydrogens (tertiary/aromatic N) is 1. The minimum Gasteiger partial charge on any atom is -0.390 e. The van der Waals surface area contributed by atoms with Crippen LogP contribution in [0.4, 0.5) is 0 Å². The third kappa shape index (κ3) is 10.3. The number of hydrogen-bond donors (Lipinski definition) is 1. The fraction of sp³-hybridized carbons (Fsp3) is 1.00. The predicted molar refractivity (Wildman–Crippen MR) is 56.8 cm³/mol. The third-order valence-electron chi connectivity index (χ3n) is 1.54. The van der Waals surface area contributed by atoms with E-state index in [2.05, 4.69) is 19.0 Å². The number of aliphatic hydroxyl groups is 1. The second-order valence-electron chi connectivity index (χ2n) is 3.98. The molecule has 0 saturated heterocycles. The standard InChI is InChI=1S/C9H21NOS/c1-9(2,11)5-7-12-8-6-10(3)4/h11H,5-8H2,1-4H3. The van der Waals surface area contributed by atoms with Crippen LogP contribution in [0.15, 0.2) is 0 Å². The van der Waals surface area contributed by atoms with E-state index in [0.29, 0.717) is 0 Å². The molecule has 0 bridgehead atoms. The van der Waals surface area contributed by atoms with Gasteiger partial charge >= 0.3 is 0 Å². The summed E-state index contributed by atoms with van der Waals surface area (Å²) < 4.78 is 0. The Balaban J connectivity index is 3.12. The first kappa shape index (κ1) is 12.3. The molecule has 0 aliphatic heterocycles. The van der Waals surface area contributed by atoms with Gasteiger partial charge in [-0.25, -0.2) is 0 Å². The lowest BCUT2D eigenvalue weighted by molar-refractivity contribution is 0.0777. The lowest BCUT2D eigenvalue weighted by atomic mass is 10.1. The summed E-state index contributed by atoms with van der Waals surface area (Å²) >= 11 is 1.91. The van der Waals surface area contributed by atoms with Gasteiger partial charge < -0.3 is 10.0 Å². The largest absolute Gasteiger partial charge is 0.390 e. The van der Waals surface area contributed by atoms with Crippen LogP contribution in [0.2, 0.25) is 0 Å².